The number of anilines is 1. The number of hydrogen-bond acceptors (Lipinski definition) is 3. The molecule has 0 aromatic heterocycles. The van der Waals surface area contributed by atoms with E-state index >= 15 is 0 Å². The third kappa shape index (κ3) is 3.64. The fraction of sp³-hybridized carbons (Fsp3) is 0.316. The van der Waals surface area contributed by atoms with Crippen LogP contribution >= 0.6 is 0 Å². The first kappa shape index (κ1) is 17.4. The zero-order valence-corrected chi connectivity index (χ0v) is 13.7. The Kier molecular flexibility index (Phi) is 4.99. The van der Waals surface area contributed by atoms with E-state index in [2.05, 4.69) is 0 Å². The molecule has 1 saturated heterocycles. The molecule has 0 aliphatic carbocycles. The Bertz CT molecular complexity index is 757. The zero-order valence-electron chi connectivity index (χ0n) is 13.7. The maximum Gasteiger partial charge on any atom is 0.253 e. The number of halogens is 2. The van der Waals surface area contributed by atoms with Crippen LogP contribution < -0.4 is 10.6 Å². The molecular formula is C19H20F2N2O2. The first-order valence-corrected chi connectivity index (χ1v) is 8.24. The Balaban J connectivity index is 1.71. The van der Waals surface area contributed by atoms with Gasteiger partial charge < -0.3 is 15.7 Å². The van der Waals surface area contributed by atoms with Crippen molar-refractivity contribution in [2.24, 2.45) is 11.7 Å². The van der Waals surface area contributed by atoms with Crippen LogP contribution in [0.5, 0.6) is 0 Å². The van der Waals surface area contributed by atoms with Crippen LogP contribution in [0.15, 0.2) is 42.5 Å². The minimum absolute atomic E-state index is 0.0206. The van der Waals surface area contributed by atoms with Gasteiger partial charge in [0.05, 0.1) is 17.4 Å². The monoisotopic (exact) mass is 346 g/mol. The molecule has 4 nitrogen and oxygen atoms in total. The van der Waals surface area contributed by atoms with E-state index in [1.165, 1.54) is 18.2 Å². The number of carbonyl (C=O) groups is 1. The van der Waals surface area contributed by atoms with Crippen LogP contribution in [-0.4, -0.2) is 24.1 Å². The molecule has 3 N–H and O–H groups in total. The van der Waals surface area contributed by atoms with Crippen molar-refractivity contribution >= 4 is 11.6 Å². The largest absolute Gasteiger partial charge is 0.388 e. The maximum atomic E-state index is 13.9. The van der Waals surface area contributed by atoms with Crippen molar-refractivity contribution < 1.29 is 18.7 Å². The van der Waals surface area contributed by atoms with Crippen LogP contribution in [-0.2, 0) is 0 Å². The van der Waals surface area contributed by atoms with E-state index in [1.54, 1.807) is 24.3 Å². The normalized spacial score (nSPS) is 16.7. The van der Waals surface area contributed by atoms with Gasteiger partial charge in [-0.25, -0.2) is 8.78 Å². The molecule has 3 rings (SSSR count). The first-order valence-electron chi connectivity index (χ1n) is 8.24. The number of carbonyl (C=O) groups excluding carboxylic acids is 1. The second-order valence-electron chi connectivity index (χ2n) is 6.32. The molecule has 0 radical (unpaired) electrons. The summed E-state index contributed by atoms with van der Waals surface area (Å²) in [5.74, 6) is -1.73. The van der Waals surface area contributed by atoms with Gasteiger partial charge in [-0.05, 0) is 48.6 Å². The molecular weight excluding hydrogens is 326 g/mol. The molecule has 1 atom stereocenters. The van der Waals surface area contributed by atoms with Crippen molar-refractivity contribution in [2.45, 2.75) is 18.9 Å². The zero-order chi connectivity index (χ0) is 18.0. The predicted molar refractivity (Wildman–Crippen MR) is 91.2 cm³/mol. The van der Waals surface area contributed by atoms with Crippen molar-refractivity contribution in [3.63, 3.8) is 0 Å². The second kappa shape index (κ2) is 7.19. The average molecular weight is 346 g/mol. The third-order valence-electron chi connectivity index (χ3n) is 4.78. The smallest absolute Gasteiger partial charge is 0.253 e. The van der Waals surface area contributed by atoms with Crippen LogP contribution in [0.4, 0.5) is 14.5 Å². The number of aliphatic hydroxyl groups excluding tert-OH is 1. The molecule has 6 heteroatoms. The quantitative estimate of drug-likeness (QED) is 0.894. The number of aliphatic hydroxyl groups is 1. The number of nitrogens with two attached hydrogens (primary N) is 1. The number of rotatable bonds is 4. The lowest BCUT2D eigenvalue weighted by Crippen LogP contribution is -2.37. The number of piperidine rings is 1. The summed E-state index contributed by atoms with van der Waals surface area (Å²) in [4.78, 5) is 13.5. The molecule has 132 valence electrons. The Hall–Kier alpha value is -2.47. The highest BCUT2D eigenvalue weighted by molar-refractivity contribution is 5.99. The lowest BCUT2D eigenvalue weighted by atomic mass is 9.87. The van der Waals surface area contributed by atoms with E-state index in [-0.39, 0.29) is 17.3 Å². The molecule has 2 aromatic carbocycles. The summed E-state index contributed by atoms with van der Waals surface area (Å²) in [6, 6.07) is 10.3. The second-order valence-corrected chi connectivity index (χ2v) is 6.32. The summed E-state index contributed by atoms with van der Waals surface area (Å²) < 4.78 is 26.9. The van der Waals surface area contributed by atoms with Gasteiger partial charge in [-0.3, -0.25) is 4.79 Å². The topological polar surface area (TPSA) is 66.6 Å². The minimum Gasteiger partial charge on any atom is -0.388 e. The van der Waals surface area contributed by atoms with Crippen LogP contribution in [0.1, 0.15) is 34.9 Å². The maximum absolute atomic E-state index is 13.9. The van der Waals surface area contributed by atoms with Gasteiger partial charge in [0.1, 0.15) is 11.6 Å². The van der Waals surface area contributed by atoms with E-state index in [0.29, 0.717) is 37.2 Å². The molecule has 0 spiro atoms. The number of amides is 1. The van der Waals surface area contributed by atoms with Crippen LogP contribution in [0.3, 0.4) is 0 Å². The molecule has 0 saturated carbocycles. The van der Waals surface area contributed by atoms with Crippen molar-refractivity contribution in [2.75, 3.05) is 18.0 Å². The Morgan fingerprint density at radius 2 is 1.76 bits per heavy atom. The molecule has 1 aliphatic heterocycles. The van der Waals surface area contributed by atoms with Crippen molar-refractivity contribution in [3.05, 3.63) is 65.2 Å². The van der Waals surface area contributed by atoms with Gasteiger partial charge in [0.15, 0.2) is 0 Å². The van der Waals surface area contributed by atoms with Crippen LogP contribution in [0, 0.1) is 17.6 Å². The number of nitrogens with zero attached hydrogens (tertiary/aromatic N) is 1. The molecule has 1 fully saturated rings. The number of primary amides is 1. The third-order valence-corrected chi connectivity index (χ3v) is 4.78. The summed E-state index contributed by atoms with van der Waals surface area (Å²) in [7, 11) is 0. The van der Waals surface area contributed by atoms with Crippen molar-refractivity contribution in [1.29, 1.82) is 0 Å². The first-order chi connectivity index (χ1) is 12.0. The van der Waals surface area contributed by atoms with Crippen molar-refractivity contribution in [1.82, 2.24) is 0 Å². The SMILES string of the molecule is NC(=O)c1c(F)cccc1N1CCC(C(O)c2ccc(F)cc2)CC1. The molecule has 2 aromatic rings. The highest BCUT2D eigenvalue weighted by atomic mass is 19.1. The Morgan fingerprint density at radius 1 is 1.12 bits per heavy atom. The molecule has 1 aliphatic rings. The van der Waals surface area contributed by atoms with Gasteiger partial charge in [0.2, 0.25) is 0 Å². The summed E-state index contributed by atoms with van der Waals surface area (Å²) in [5, 5.41) is 10.5. The minimum atomic E-state index is -0.790. The average Bonchev–Trinajstić information content (AvgIpc) is 2.61. The standard InChI is InChI=1S/C19H20F2N2O2/c20-14-6-4-12(5-7-14)18(24)13-8-10-23(11-9-13)16-3-1-2-15(21)17(16)19(22)25/h1-7,13,18,24H,8-11H2,(H2,22,25). The van der Waals surface area contributed by atoms with Gasteiger partial charge in [-0.2, -0.15) is 0 Å². The highest BCUT2D eigenvalue weighted by Crippen LogP contribution is 2.33. The fourth-order valence-corrected chi connectivity index (χ4v) is 3.41. The lowest BCUT2D eigenvalue weighted by molar-refractivity contribution is 0.0925. The van der Waals surface area contributed by atoms with Gasteiger partial charge in [0, 0.05) is 13.1 Å². The summed E-state index contributed by atoms with van der Waals surface area (Å²) >= 11 is 0. The van der Waals surface area contributed by atoms with Crippen LogP contribution in [0.2, 0.25) is 0 Å². The Labute approximate surface area is 144 Å². The molecule has 1 heterocycles. The van der Waals surface area contributed by atoms with E-state index in [4.69, 9.17) is 5.73 Å². The summed E-state index contributed by atoms with van der Waals surface area (Å²) in [6.07, 6.45) is 0.673. The van der Waals surface area contributed by atoms with E-state index in [0.717, 1.165) is 0 Å². The molecule has 1 amide bonds. The highest BCUT2D eigenvalue weighted by Gasteiger charge is 2.28. The van der Waals surface area contributed by atoms with Gasteiger partial charge in [0.25, 0.3) is 5.91 Å². The van der Waals surface area contributed by atoms with Gasteiger partial charge >= 0.3 is 0 Å². The Morgan fingerprint density at radius 3 is 2.36 bits per heavy atom. The number of benzene rings is 2. The van der Waals surface area contributed by atoms with Crippen LogP contribution in [0.25, 0.3) is 0 Å². The van der Waals surface area contributed by atoms with Crippen molar-refractivity contribution in [3.8, 4) is 0 Å². The van der Waals surface area contributed by atoms with E-state index in [1.807, 2.05) is 4.90 Å². The fourth-order valence-electron chi connectivity index (χ4n) is 3.41. The van der Waals surface area contributed by atoms with Gasteiger partial charge in [-0.1, -0.05) is 18.2 Å². The summed E-state index contributed by atoms with van der Waals surface area (Å²) in [6.45, 7) is 1.15. The number of hydrogen-bond donors (Lipinski definition) is 2. The summed E-state index contributed by atoms with van der Waals surface area (Å²) in [5.41, 5.74) is 6.38. The van der Waals surface area contributed by atoms with E-state index < -0.39 is 17.8 Å². The van der Waals surface area contributed by atoms with Gasteiger partial charge in [-0.15, -0.1) is 0 Å². The molecule has 1 unspecified atom stereocenters. The molecule has 0 bridgehead atoms. The van der Waals surface area contributed by atoms with E-state index in [9.17, 15) is 18.7 Å². The predicted octanol–water partition coefficient (Wildman–Crippen LogP) is 3.01. The lowest BCUT2D eigenvalue weighted by Gasteiger charge is -2.36. The molecule has 25 heavy (non-hydrogen) atoms.